The highest BCUT2D eigenvalue weighted by molar-refractivity contribution is 5.49. The number of hydrogen-bond acceptors (Lipinski definition) is 3. The molecule has 3 nitrogen and oxygen atoms in total. The summed E-state index contributed by atoms with van der Waals surface area (Å²) in [6.45, 7) is 1.84. The summed E-state index contributed by atoms with van der Waals surface area (Å²) in [6, 6.07) is 6.16. The topological polar surface area (TPSA) is 59.1 Å². The lowest BCUT2D eigenvalue weighted by atomic mass is 10.00. The number of aliphatic hydroxyl groups excluding tert-OH is 1. The molecule has 4 heteroatoms. The van der Waals surface area contributed by atoms with Crippen LogP contribution in [0.3, 0.4) is 0 Å². The fraction of sp³-hybridized carbons (Fsp3) is 0.154. The first-order valence-electron chi connectivity index (χ1n) is 5.23. The van der Waals surface area contributed by atoms with Gasteiger partial charge in [0.25, 0.3) is 0 Å². The van der Waals surface area contributed by atoms with Gasteiger partial charge in [-0.15, -0.1) is 0 Å². The van der Waals surface area contributed by atoms with Crippen LogP contribution in [0.1, 0.15) is 22.8 Å². The minimum absolute atomic E-state index is 0.213. The molecule has 0 aliphatic carbocycles. The van der Waals surface area contributed by atoms with Gasteiger partial charge in [-0.3, -0.25) is 4.98 Å². The zero-order valence-electron chi connectivity index (χ0n) is 9.39. The lowest BCUT2D eigenvalue weighted by Crippen LogP contribution is -2.06. The molecule has 1 aromatic carbocycles. The second kappa shape index (κ2) is 4.51. The number of nitrogen functional groups attached to an aromatic ring is 1. The molecule has 2 aromatic rings. The van der Waals surface area contributed by atoms with E-state index in [-0.39, 0.29) is 5.56 Å². The molecule has 1 aromatic heterocycles. The molecule has 1 heterocycles. The molecule has 88 valence electrons. The van der Waals surface area contributed by atoms with Crippen LogP contribution in [0.5, 0.6) is 0 Å². The highest BCUT2D eigenvalue weighted by Gasteiger charge is 2.17. The van der Waals surface area contributed by atoms with Crippen molar-refractivity contribution < 1.29 is 9.50 Å². The number of rotatable bonds is 2. The first-order valence-corrected chi connectivity index (χ1v) is 5.23. The first-order chi connectivity index (χ1) is 8.09. The van der Waals surface area contributed by atoms with Crippen molar-refractivity contribution in [1.29, 1.82) is 0 Å². The molecular weight excluding hydrogens is 219 g/mol. The number of anilines is 1. The summed E-state index contributed by atoms with van der Waals surface area (Å²) in [4.78, 5) is 3.88. The van der Waals surface area contributed by atoms with E-state index in [4.69, 9.17) is 5.73 Å². The lowest BCUT2D eigenvalue weighted by Gasteiger charge is -2.14. The maximum absolute atomic E-state index is 13.6. The van der Waals surface area contributed by atoms with Crippen LogP contribution in [0.25, 0.3) is 0 Å². The van der Waals surface area contributed by atoms with Crippen LogP contribution < -0.4 is 5.73 Å². The number of aryl methyl sites for hydroxylation is 1. The third-order valence-corrected chi connectivity index (χ3v) is 2.63. The number of pyridine rings is 1. The van der Waals surface area contributed by atoms with Crippen molar-refractivity contribution in [3.63, 3.8) is 0 Å². The van der Waals surface area contributed by atoms with Crippen molar-refractivity contribution in [1.82, 2.24) is 4.98 Å². The minimum atomic E-state index is -1.09. The largest absolute Gasteiger partial charge is 0.398 e. The average molecular weight is 232 g/mol. The fourth-order valence-corrected chi connectivity index (χ4v) is 1.69. The molecule has 0 bridgehead atoms. The predicted molar refractivity (Wildman–Crippen MR) is 63.8 cm³/mol. The van der Waals surface area contributed by atoms with Gasteiger partial charge in [0.1, 0.15) is 11.9 Å². The summed E-state index contributed by atoms with van der Waals surface area (Å²) < 4.78 is 13.6. The molecule has 0 amide bonds. The van der Waals surface area contributed by atoms with Gasteiger partial charge in [-0.25, -0.2) is 4.39 Å². The molecule has 0 aliphatic rings. The Morgan fingerprint density at radius 1 is 1.29 bits per heavy atom. The Labute approximate surface area is 98.7 Å². The minimum Gasteiger partial charge on any atom is -0.398 e. The standard InChI is InChI=1S/C13H13FN2O/c1-8-2-3-11(14)9(6-8)13(17)10-7-16-5-4-12(10)15/h2-7,13,17H,1H3,(H2,15,16). The fourth-order valence-electron chi connectivity index (χ4n) is 1.69. The van der Waals surface area contributed by atoms with Crippen LogP contribution in [-0.2, 0) is 0 Å². The van der Waals surface area contributed by atoms with Crippen molar-refractivity contribution in [3.8, 4) is 0 Å². The SMILES string of the molecule is Cc1ccc(F)c(C(O)c2cnccc2N)c1. The van der Waals surface area contributed by atoms with Gasteiger partial charge in [0.15, 0.2) is 0 Å². The third kappa shape index (κ3) is 2.26. The van der Waals surface area contributed by atoms with Crippen molar-refractivity contribution in [3.05, 3.63) is 59.2 Å². The predicted octanol–water partition coefficient (Wildman–Crippen LogP) is 2.19. The van der Waals surface area contributed by atoms with Gasteiger partial charge in [-0.2, -0.15) is 0 Å². The van der Waals surface area contributed by atoms with Gasteiger partial charge in [-0.05, 0) is 19.1 Å². The molecule has 0 fully saturated rings. The van der Waals surface area contributed by atoms with Crippen molar-refractivity contribution >= 4 is 5.69 Å². The summed E-state index contributed by atoms with van der Waals surface area (Å²) in [6.07, 6.45) is 1.88. The summed E-state index contributed by atoms with van der Waals surface area (Å²) in [5.41, 5.74) is 7.63. The van der Waals surface area contributed by atoms with E-state index >= 15 is 0 Å². The molecular formula is C13H13FN2O. The number of aromatic nitrogens is 1. The number of halogens is 1. The first kappa shape index (κ1) is 11.5. The Bertz CT molecular complexity index is 543. The van der Waals surface area contributed by atoms with Crippen molar-refractivity contribution in [2.75, 3.05) is 5.73 Å². The molecule has 0 spiro atoms. The molecule has 17 heavy (non-hydrogen) atoms. The smallest absolute Gasteiger partial charge is 0.129 e. The third-order valence-electron chi connectivity index (χ3n) is 2.63. The molecule has 3 N–H and O–H groups in total. The van der Waals surface area contributed by atoms with Crippen molar-refractivity contribution in [2.24, 2.45) is 0 Å². The highest BCUT2D eigenvalue weighted by atomic mass is 19.1. The Kier molecular flexibility index (Phi) is 3.06. The van der Waals surface area contributed by atoms with Crippen LogP contribution in [0.2, 0.25) is 0 Å². The van der Waals surface area contributed by atoms with Crippen LogP contribution >= 0.6 is 0 Å². The quantitative estimate of drug-likeness (QED) is 0.834. The lowest BCUT2D eigenvalue weighted by molar-refractivity contribution is 0.215. The zero-order chi connectivity index (χ0) is 12.4. The molecule has 1 unspecified atom stereocenters. The average Bonchev–Trinajstić information content (AvgIpc) is 2.32. The molecule has 0 aliphatic heterocycles. The zero-order valence-corrected chi connectivity index (χ0v) is 9.39. The summed E-state index contributed by atoms with van der Waals surface area (Å²) in [7, 11) is 0. The van der Waals surface area contributed by atoms with Crippen LogP contribution in [-0.4, -0.2) is 10.1 Å². The maximum Gasteiger partial charge on any atom is 0.129 e. The Hall–Kier alpha value is -1.94. The normalized spacial score (nSPS) is 12.4. The molecule has 0 saturated carbocycles. The summed E-state index contributed by atoms with van der Waals surface area (Å²) in [5, 5.41) is 10.1. The van der Waals surface area contributed by atoms with E-state index in [0.717, 1.165) is 5.56 Å². The van der Waals surface area contributed by atoms with Gasteiger partial charge < -0.3 is 10.8 Å². The highest BCUT2D eigenvalue weighted by Crippen LogP contribution is 2.28. The number of benzene rings is 1. The van der Waals surface area contributed by atoms with Gasteiger partial charge in [0, 0.05) is 29.2 Å². The number of hydrogen-bond donors (Lipinski definition) is 2. The van der Waals surface area contributed by atoms with Gasteiger partial charge in [0.2, 0.25) is 0 Å². The van der Waals surface area contributed by atoms with Crippen LogP contribution in [0.15, 0.2) is 36.7 Å². The number of nitrogens with two attached hydrogens (primary N) is 1. The second-order valence-electron chi connectivity index (χ2n) is 3.93. The maximum atomic E-state index is 13.6. The molecule has 1 atom stereocenters. The van der Waals surface area contributed by atoms with E-state index in [0.29, 0.717) is 11.3 Å². The van der Waals surface area contributed by atoms with Crippen molar-refractivity contribution in [2.45, 2.75) is 13.0 Å². The van der Waals surface area contributed by atoms with Gasteiger partial charge >= 0.3 is 0 Å². The Morgan fingerprint density at radius 2 is 2.06 bits per heavy atom. The monoisotopic (exact) mass is 232 g/mol. The van der Waals surface area contributed by atoms with E-state index in [2.05, 4.69) is 4.98 Å². The van der Waals surface area contributed by atoms with E-state index in [1.54, 1.807) is 18.2 Å². The van der Waals surface area contributed by atoms with E-state index in [9.17, 15) is 9.50 Å². The Balaban J connectivity index is 2.47. The molecule has 0 radical (unpaired) electrons. The Morgan fingerprint density at radius 3 is 2.76 bits per heavy atom. The van der Waals surface area contributed by atoms with Gasteiger partial charge in [0.05, 0.1) is 0 Å². The molecule has 2 rings (SSSR count). The summed E-state index contributed by atoms with van der Waals surface area (Å²) >= 11 is 0. The molecule has 0 saturated heterocycles. The van der Waals surface area contributed by atoms with Gasteiger partial charge in [-0.1, -0.05) is 17.7 Å². The van der Waals surface area contributed by atoms with E-state index < -0.39 is 11.9 Å². The number of aliphatic hydroxyl groups is 1. The van der Waals surface area contributed by atoms with Crippen LogP contribution in [0.4, 0.5) is 10.1 Å². The number of nitrogens with zero attached hydrogens (tertiary/aromatic N) is 1. The summed E-state index contributed by atoms with van der Waals surface area (Å²) in [5.74, 6) is -0.452. The van der Waals surface area contributed by atoms with Crippen LogP contribution in [0, 0.1) is 12.7 Å². The van der Waals surface area contributed by atoms with E-state index in [1.165, 1.54) is 18.5 Å². The van der Waals surface area contributed by atoms with E-state index in [1.807, 2.05) is 6.92 Å². The second-order valence-corrected chi connectivity index (χ2v) is 3.93.